The summed E-state index contributed by atoms with van der Waals surface area (Å²) in [7, 11) is 5.09. The van der Waals surface area contributed by atoms with Crippen LogP contribution in [0.1, 0.15) is 71.6 Å². The van der Waals surface area contributed by atoms with Crippen molar-refractivity contribution in [3.8, 4) is 0 Å². The van der Waals surface area contributed by atoms with Crippen molar-refractivity contribution in [2.45, 2.75) is 77.6 Å². The van der Waals surface area contributed by atoms with Crippen molar-refractivity contribution < 1.29 is 14.2 Å². The predicted octanol–water partition coefficient (Wildman–Crippen LogP) is 5.86. The lowest BCUT2D eigenvalue weighted by Gasteiger charge is -2.49. The Kier molecular flexibility index (Phi) is 9.87. The zero-order valence-corrected chi connectivity index (χ0v) is 16.5. The highest BCUT2D eigenvalue weighted by molar-refractivity contribution is 5.22. The summed E-state index contributed by atoms with van der Waals surface area (Å²) >= 11 is 0. The van der Waals surface area contributed by atoms with Crippen LogP contribution in [0.3, 0.4) is 0 Å². The van der Waals surface area contributed by atoms with Gasteiger partial charge in [-0.05, 0) is 12.8 Å². The largest absolute Gasteiger partial charge is 0.330 e. The molecular formula is C21H38O3. The molecule has 140 valence electrons. The van der Waals surface area contributed by atoms with Gasteiger partial charge in [-0.25, -0.2) is 0 Å². The molecule has 0 aromatic carbocycles. The van der Waals surface area contributed by atoms with E-state index < -0.39 is 5.97 Å². The first-order valence-corrected chi connectivity index (χ1v) is 9.66. The van der Waals surface area contributed by atoms with E-state index >= 15 is 0 Å². The Morgan fingerprint density at radius 1 is 0.708 bits per heavy atom. The molecule has 1 aliphatic rings. The van der Waals surface area contributed by atoms with Crippen molar-refractivity contribution in [2.24, 2.45) is 11.3 Å². The summed E-state index contributed by atoms with van der Waals surface area (Å²) in [5.74, 6) is -0.719. The van der Waals surface area contributed by atoms with Crippen molar-refractivity contribution in [1.82, 2.24) is 0 Å². The van der Waals surface area contributed by atoms with Crippen LogP contribution in [0.2, 0.25) is 0 Å². The zero-order chi connectivity index (χ0) is 17.9. The smallest absolute Gasteiger partial charge is 0.288 e. The van der Waals surface area contributed by atoms with E-state index in [1.807, 2.05) is 0 Å². The van der Waals surface area contributed by atoms with Crippen LogP contribution in [-0.2, 0) is 14.2 Å². The fourth-order valence-corrected chi connectivity index (χ4v) is 4.30. The Bertz CT molecular complexity index is 364. The van der Waals surface area contributed by atoms with Crippen LogP contribution >= 0.6 is 0 Å². The van der Waals surface area contributed by atoms with E-state index in [-0.39, 0.29) is 11.3 Å². The lowest BCUT2D eigenvalue weighted by atomic mass is 9.67. The monoisotopic (exact) mass is 338 g/mol. The molecule has 0 aromatic rings. The third kappa shape index (κ3) is 4.71. The predicted molar refractivity (Wildman–Crippen MR) is 101 cm³/mol. The number of hydrogen-bond donors (Lipinski definition) is 0. The molecule has 0 aromatic heterocycles. The Morgan fingerprint density at radius 2 is 1.25 bits per heavy atom. The fraction of sp³-hybridized carbons (Fsp3) is 0.810. The van der Waals surface area contributed by atoms with E-state index in [1.54, 1.807) is 21.3 Å². The number of rotatable bonds is 14. The van der Waals surface area contributed by atoms with Gasteiger partial charge in [-0.1, -0.05) is 83.1 Å². The molecule has 0 N–H and O–H groups in total. The molecule has 3 heteroatoms. The molecule has 1 aliphatic carbocycles. The Morgan fingerprint density at radius 3 is 1.75 bits per heavy atom. The number of hydrogen-bond acceptors (Lipinski definition) is 3. The summed E-state index contributed by atoms with van der Waals surface area (Å²) < 4.78 is 17.6. The third-order valence-electron chi connectivity index (χ3n) is 5.47. The van der Waals surface area contributed by atoms with Gasteiger partial charge in [0.2, 0.25) is 0 Å². The van der Waals surface area contributed by atoms with Crippen LogP contribution in [-0.4, -0.2) is 27.3 Å². The molecule has 0 bridgehead atoms. The lowest BCUT2D eigenvalue weighted by Crippen LogP contribution is -2.56. The van der Waals surface area contributed by atoms with Crippen LogP contribution in [0.4, 0.5) is 0 Å². The van der Waals surface area contributed by atoms with Crippen molar-refractivity contribution in [1.29, 1.82) is 0 Å². The van der Waals surface area contributed by atoms with Crippen LogP contribution in [0, 0.1) is 11.3 Å². The second kappa shape index (κ2) is 11.1. The van der Waals surface area contributed by atoms with E-state index in [1.165, 1.54) is 38.5 Å². The number of ether oxygens (including phenoxy) is 3. The molecule has 0 spiro atoms. The molecule has 1 unspecified atom stereocenters. The van der Waals surface area contributed by atoms with Crippen molar-refractivity contribution in [2.75, 3.05) is 21.3 Å². The molecule has 0 radical (unpaired) electrons. The van der Waals surface area contributed by atoms with Gasteiger partial charge in [0, 0.05) is 27.2 Å². The van der Waals surface area contributed by atoms with E-state index in [0.717, 1.165) is 19.3 Å². The first kappa shape index (κ1) is 21.4. The molecule has 0 aliphatic heterocycles. The van der Waals surface area contributed by atoms with Crippen LogP contribution < -0.4 is 0 Å². The van der Waals surface area contributed by atoms with Gasteiger partial charge < -0.3 is 14.2 Å². The van der Waals surface area contributed by atoms with E-state index in [4.69, 9.17) is 14.2 Å². The van der Waals surface area contributed by atoms with Crippen molar-refractivity contribution in [3.63, 3.8) is 0 Å². The maximum absolute atomic E-state index is 5.85. The van der Waals surface area contributed by atoms with Crippen LogP contribution in [0.5, 0.6) is 0 Å². The zero-order valence-electron chi connectivity index (χ0n) is 16.5. The average molecular weight is 339 g/mol. The quantitative estimate of drug-likeness (QED) is 0.293. The summed E-state index contributed by atoms with van der Waals surface area (Å²) in [5, 5.41) is 0. The molecule has 0 amide bonds. The van der Waals surface area contributed by atoms with Crippen molar-refractivity contribution >= 4 is 0 Å². The van der Waals surface area contributed by atoms with Gasteiger partial charge in [0.1, 0.15) is 0 Å². The molecule has 24 heavy (non-hydrogen) atoms. The van der Waals surface area contributed by atoms with Gasteiger partial charge in [0.15, 0.2) is 0 Å². The minimum absolute atomic E-state index is 0.200. The highest BCUT2D eigenvalue weighted by Gasteiger charge is 2.56. The summed E-state index contributed by atoms with van der Waals surface area (Å²) in [5.41, 5.74) is -0.200. The van der Waals surface area contributed by atoms with Gasteiger partial charge in [-0.2, -0.15) is 0 Å². The van der Waals surface area contributed by atoms with Gasteiger partial charge in [-0.15, -0.1) is 0 Å². The van der Waals surface area contributed by atoms with Gasteiger partial charge in [-0.3, -0.25) is 0 Å². The second-order valence-electron chi connectivity index (χ2n) is 6.89. The molecule has 0 fully saturated rings. The minimum Gasteiger partial charge on any atom is -0.330 e. The summed E-state index contributed by atoms with van der Waals surface area (Å²) in [4.78, 5) is 0. The Balaban J connectivity index is 2.95. The van der Waals surface area contributed by atoms with E-state index in [9.17, 15) is 0 Å². The molecule has 3 nitrogen and oxygen atoms in total. The minimum atomic E-state index is -1.00. The first-order valence-electron chi connectivity index (χ1n) is 9.66. The summed E-state index contributed by atoms with van der Waals surface area (Å²) in [6, 6.07) is 0. The van der Waals surface area contributed by atoms with Crippen LogP contribution in [0.25, 0.3) is 0 Å². The first-order chi connectivity index (χ1) is 11.7. The lowest BCUT2D eigenvalue weighted by molar-refractivity contribution is -0.414. The second-order valence-corrected chi connectivity index (χ2v) is 6.89. The average Bonchev–Trinajstić information content (AvgIpc) is 3.14. The maximum Gasteiger partial charge on any atom is 0.288 e. The SMILES string of the molecule is CCCCCCCCC(CCC)(C1C=CC=C1)C(OC)(OC)OC. The fourth-order valence-electron chi connectivity index (χ4n) is 4.30. The molecule has 0 heterocycles. The van der Waals surface area contributed by atoms with Gasteiger partial charge in [0.25, 0.3) is 5.97 Å². The molecule has 1 atom stereocenters. The Labute approximate surface area is 149 Å². The maximum atomic E-state index is 5.85. The molecular weight excluding hydrogens is 300 g/mol. The number of methoxy groups -OCH3 is 3. The Hall–Kier alpha value is -0.640. The summed E-state index contributed by atoms with van der Waals surface area (Å²) in [6.45, 7) is 4.49. The normalized spacial score (nSPS) is 17.5. The van der Waals surface area contributed by atoms with Gasteiger partial charge >= 0.3 is 0 Å². The number of allylic oxidation sites excluding steroid dienone is 4. The standard InChI is InChI=1S/C21H38O3/c1-6-8-9-10-11-14-18-20(17-7-2,19-15-12-13-16-19)21(22-3,23-4)24-5/h12-13,15-16,19H,6-11,14,17-18H2,1-5H3. The molecule has 0 saturated carbocycles. The van der Waals surface area contributed by atoms with Crippen molar-refractivity contribution in [3.05, 3.63) is 24.3 Å². The van der Waals surface area contributed by atoms with E-state index in [2.05, 4.69) is 38.2 Å². The van der Waals surface area contributed by atoms with Crippen LogP contribution in [0.15, 0.2) is 24.3 Å². The highest BCUT2D eigenvalue weighted by Crippen LogP contribution is 2.52. The molecule has 1 rings (SSSR count). The highest BCUT2D eigenvalue weighted by atomic mass is 16.9. The third-order valence-corrected chi connectivity index (χ3v) is 5.47. The van der Waals surface area contributed by atoms with E-state index in [0.29, 0.717) is 0 Å². The molecule has 0 saturated heterocycles. The topological polar surface area (TPSA) is 27.7 Å². The van der Waals surface area contributed by atoms with Gasteiger partial charge in [0.05, 0.1) is 5.41 Å². The number of unbranched alkanes of at least 4 members (excludes halogenated alkanes) is 5. The summed E-state index contributed by atoms with van der Waals surface area (Å²) in [6.07, 6.45) is 19.6.